The Balaban J connectivity index is 2.58. The highest BCUT2D eigenvalue weighted by Gasteiger charge is 2.07. The van der Waals surface area contributed by atoms with Gasteiger partial charge in [-0.3, -0.25) is 0 Å². The molecule has 0 fully saturated rings. The Bertz CT molecular complexity index is 581. The summed E-state index contributed by atoms with van der Waals surface area (Å²) in [6.45, 7) is 0. The lowest BCUT2D eigenvalue weighted by Gasteiger charge is -2.08. The van der Waals surface area contributed by atoms with Crippen molar-refractivity contribution in [2.45, 2.75) is 0 Å². The van der Waals surface area contributed by atoms with Crippen LogP contribution >= 0.6 is 11.6 Å². The average Bonchev–Trinajstić information content (AvgIpc) is 2.29. The zero-order valence-corrected chi connectivity index (χ0v) is 9.37. The topological polar surface area (TPSA) is 40.1 Å². The molecule has 0 atom stereocenters. The third-order valence-electron chi connectivity index (χ3n) is 2.34. The highest BCUT2D eigenvalue weighted by atomic mass is 35.5. The van der Waals surface area contributed by atoms with Crippen molar-refractivity contribution in [1.29, 1.82) is 0 Å². The first-order chi connectivity index (χ1) is 8.08. The highest BCUT2D eigenvalue weighted by molar-refractivity contribution is 6.30. The van der Waals surface area contributed by atoms with Gasteiger partial charge in [0, 0.05) is 10.6 Å². The lowest BCUT2D eigenvalue weighted by molar-refractivity contribution is -0.255. The summed E-state index contributed by atoms with van der Waals surface area (Å²) in [7, 11) is 0. The molecule has 0 saturated heterocycles. The Morgan fingerprint density at radius 1 is 1.18 bits per heavy atom. The van der Waals surface area contributed by atoms with Crippen LogP contribution in [0.1, 0.15) is 10.4 Å². The van der Waals surface area contributed by atoms with Crippen molar-refractivity contribution in [2.24, 2.45) is 0 Å². The van der Waals surface area contributed by atoms with Crippen LogP contribution in [0, 0.1) is 5.82 Å². The molecule has 86 valence electrons. The molecule has 0 heterocycles. The third-order valence-corrected chi connectivity index (χ3v) is 2.57. The van der Waals surface area contributed by atoms with E-state index >= 15 is 0 Å². The summed E-state index contributed by atoms with van der Waals surface area (Å²) >= 11 is 5.80. The molecule has 0 unspecified atom stereocenters. The number of carbonyl (C=O) groups excluding carboxylic acids is 1. The summed E-state index contributed by atoms with van der Waals surface area (Å²) in [5.41, 5.74) is 0.647. The van der Waals surface area contributed by atoms with Crippen LogP contribution in [-0.4, -0.2) is 5.97 Å². The number of carbonyl (C=O) groups is 1. The molecular formula is C13H7ClFO2-. The van der Waals surface area contributed by atoms with Gasteiger partial charge in [0.2, 0.25) is 0 Å². The van der Waals surface area contributed by atoms with Gasteiger partial charge in [-0.1, -0.05) is 29.8 Å². The molecule has 2 nitrogen and oxygen atoms in total. The van der Waals surface area contributed by atoms with Gasteiger partial charge in [-0.2, -0.15) is 0 Å². The summed E-state index contributed by atoms with van der Waals surface area (Å²) < 4.78 is 13.6. The first kappa shape index (κ1) is 11.6. The van der Waals surface area contributed by atoms with E-state index < -0.39 is 11.8 Å². The van der Waals surface area contributed by atoms with Gasteiger partial charge in [0.25, 0.3) is 0 Å². The van der Waals surface area contributed by atoms with E-state index in [-0.39, 0.29) is 11.1 Å². The largest absolute Gasteiger partial charge is 0.545 e. The summed E-state index contributed by atoms with van der Waals surface area (Å²) in [6.07, 6.45) is 0. The van der Waals surface area contributed by atoms with Crippen molar-refractivity contribution in [1.82, 2.24) is 0 Å². The SMILES string of the molecule is O=C([O-])c1ccc(F)c(-c2cccc(Cl)c2)c1. The predicted octanol–water partition coefficient (Wildman–Crippen LogP) is 2.51. The van der Waals surface area contributed by atoms with Crippen LogP contribution < -0.4 is 5.11 Å². The quantitative estimate of drug-likeness (QED) is 0.820. The summed E-state index contributed by atoms with van der Waals surface area (Å²) in [4.78, 5) is 10.7. The monoisotopic (exact) mass is 249 g/mol. The van der Waals surface area contributed by atoms with Crippen molar-refractivity contribution in [3.63, 3.8) is 0 Å². The zero-order valence-electron chi connectivity index (χ0n) is 8.61. The minimum Gasteiger partial charge on any atom is -0.545 e. The van der Waals surface area contributed by atoms with E-state index in [1.807, 2.05) is 0 Å². The lowest BCUT2D eigenvalue weighted by atomic mass is 10.0. The molecule has 2 aromatic carbocycles. The van der Waals surface area contributed by atoms with E-state index in [0.717, 1.165) is 6.07 Å². The highest BCUT2D eigenvalue weighted by Crippen LogP contribution is 2.26. The molecule has 0 aliphatic heterocycles. The molecule has 0 aliphatic rings. The standard InChI is InChI=1S/C13H8ClFO2/c14-10-3-1-2-8(6-10)11-7-9(13(16)17)4-5-12(11)15/h1-7H,(H,16,17)/p-1. The minimum absolute atomic E-state index is 0.0682. The number of halogens is 2. The van der Waals surface area contributed by atoms with Crippen molar-refractivity contribution < 1.29 is 14.3 Å². The molecule has 0 spiro atoms. The van der Waals surface area contributed by atoms with Gasteiger partial charge < -0.3 is 9.90 Å². The second kappa shape index (κ2) is 4.55. The second-order valence-corrected chi connectivity index (χ2v) is 3.93. The molecule has 0 N–H and O–H groups in total. The molecule has 0 aromatic heterocycles. The Hall–Kier alpha value is -1.87. The van der Waals surface area contributed by atoms with Crippen LogP contribution in [0.15, 0.2) is 42.5 Å². The molecule has 0 saturated carbocycles. The van der Waals surface area contributed by atoms with E-state index in [1.54, 1.807) is 24.3 Å². The van der Waals surface area contributed by atoms with Gasteiger partial charge in [0.05, 0.1) is 5.97 Å². The van der Waals surface area contributed by atoms with Gasteiger partial charge in [0.15, 0.2) is 0 Å². The smallest absolute Gasteiger partial charge is 0.131 e. The molecule has 0 amide bonds. The predicted molar refractivity (Wildman–Crippen MR) is 61.2 cm³/mol. The second-order valence-electron chi connectivity index (χ2n) is 3.49. The number of carboxylic acids is 1. The summed E-state index contributed by atoms with van der Waals surface area (Å²) in [6, 6.07) is 10.0. The summed E-state index contributed by atoms with van der Waals surface area (Å²) in [5.74, 6) is -1.84. The number of benzene rings is 2. The van der Waals surface area contributed by atoms with E-state index in [0.29, 0.717) is 10.6 Å². The van der Waals surface area contributed by atoms with E-state index in [9.17, 15) is 14.3 Å². The molecular weight excluding hydrogens is 243 g/mol. The zero-order chi connectivity index (χ0) is 12.4. The number of hydrogen-bond acceptors (Lipinski definition) is 2. The van der Waals surface area contributed by atoms with Crippen LogP contribution in [0.25, 0.3) is 11.1 Å². The fraction of sp³-hybridized carbons (Fsp3) is 0. The fourth-order valence-electron chi connectivity index (χ4n) is 1.53. The van der Waals surface area contributed by atoms with Crippen LogP contribution in [0.2, 0.25) is 5.02 Å². The van der Waals surface area contributed by atoms with Crippen LogP contribution in [-0.2, 0) is 0 Å². The first-order valence-electron chi connectivity index (χ1n) is 4.85. The maximum atomic E-state index is 13.6. The number of rotatable bonds is 2. The van der Waals surface area contributed by atoms with Crippen molar-refractivity contribution in [3.05, 3.63) is 58.9 Å². The summed E-state index contributed by atoms with van der Waals surface area (Å²) in [5, 5.41) is 11.2. The van der Waals surface area contributed by atoms with Crippen molar-refractivity contribution in [2.75, 3.05) is 0 Å². The molecule has 4 heteroatoms. The van der Waals surface area contributed by atoms with Gasteiger partial charge in [-0.15, -0.1) is 0 Å². The lowest BCUT2D eigenvalue weighted by Crippen LogP contribution is -2.22. The first-order valence-corrected chi connectivity index (χ1v) is 5.22. The molecule has 2 aromatic rings. The molecule has 17 heavy (non-hydrogen) atoms. The molecule has 0 radical (unpaired) electrons. The Kier molecular flexibility index (Phi) is 3.11. The van der Waals surface area contributed by atoms with Crippen molar-refractivity contribution in [3.8, 4) is 11.1 Å². The average molecular weight is 250 g/mol. The third kappa shape index (κ3) is 2.45. The fourth-order valence-corrected chi connectivity index (χ4v) is 1.72. The Morgan fingerprint density at radius 2 is 1.94 bits per heavy atom. The van der Waals surface area contributed by atoms with Gasteiger partial charge in [-0.25, -0.2) is 4.39 Å². The van der Waals surface area contributed by atoms with Crippen LogP contribution in [0.5, 0.6) is 0 Å². The van der Waals surface area contributed by atoms with E-state index in [4.69, 9.17) is 11.6 Å². The maximum Gasteiger partial charge on any atom is 0.131 e. The van der Waals surface area contributed by atoms with Gasteiger partial charge in [-0.05, 0) is 35.4 Å². The molecule has 0 bridgehead atoms. The maximum absolute atomic E-state index is 13.6. The van der Waals surface area contributed by atoms with Crippen molar-refractivity contribution >= 4 is 17.6 Å². The minimum atomic E-state index is -1.34. The van der Waals surface area contributed by atoms with Crippen LogP contribution in [0.4, 0.5) is 4.39 Å². The van der Waals surface area contributed by atoms with Gasteiger partial charge in [0.1, 0.15) is 5.82 Å². The van der Waals surface area contributed by atoms with Crippen LogP contribution in [0.3, 0.4) is 0 Å². The van der Waals surface area contributed by atoms with Gasteiger partial charge >= 0.3 is 0 Å². The molecule has 0 aliphatic carbocycles. The van der Waals surface area contributed by atoms with E-state index in [2.05, 4.69) is 0 Å². The van der Waals surface area contributed by atoms with E-state index in [1.165, 1.54) is 12.1 Å². The number of aromatic carboxylic acids is 1. The molecule has 2 rings (SSSR count). The number of carboxylic acid groups (broad SMARTS) is 1. The Labute approximate surface area is 102 Å². The normalized spacial score (nSPS) is 10.2. The number of hydrogen-bond donors (Lipinski definition) is 0. The Morgan fingerprint density at radius 3 is 2.59 bits per heavy atom.